The predicted octanol–water partition coefficient (Wildman–Crippen LogP) is 5.28. The van der Waals surface area contributed by atoms with Crippen LogP contribution in [-0.2, 0) is 30.3 Å². The van der Waals surface area contributed by atoms with E-state index in [0.29, 0.717) is 49.5 Å². The van der Waals surface area contributed by atoms with Gasteiger partial charge in [-0.15, -0.1) is 0 Å². The summed E-state index contributed by atoms with van der Waals surface area (Å²) in [7, 11) is 3.15. The van der Waals surface area contributed by atoms with Gasteiger partial charge in [0, 0.05) is 12.0 Å². The van der Waals surface area contributed by atoms with E-state index in [1.165, 1.54) is 11.8 Å². The molecule has 0 aliphatic carbocycles. The van der Waals surface area contributed by atoms with Crippen molar-refractivity contribution in [3.05, 3.63) is 53.6 Å². The second kappa shape index (κ2) is 14.8. The van der Waals surface area contributed by atoms with Crippen LogP contribution in [0.5, 0.6) is 17.2 Å². The number of carbonyl (C=O) groups excluding carboxylic acids is 4. The number of aryl methyl sites for hydroxylation is 1. The lowest BCUT2D eigenvalue weighted by Crippen LogP contribution is -2.53. The molecular formula is C33H43NO8. The quantitative estimate of drug-likeness (QED) is 0.219. The van der Waals surface area contributed by atoms with Gasteiger partial charge in [0.1, 0.15) is 24.5 Å². The normalized spacial score (nSPS) is 15.9. The Morgan fingerprint density at radius 1 is 0.976 bits per heavy atom. The van der Waals surface area contributed by atoms with Crippen LogP contribution >= 0.6 is 0 Å². The highest BCUT2D eigenvalue weighted by molar-refractivity contribution is 6.38. The summed E-state index contributed by atoms with van der Waals surface area (Å²) in [5.74, 6) is 0.0144. The van der Waals surface area contributed by atoms with Gasteiger partial charge in [0.2, 0.25) is 5.78 Å². The van der Waals surface area contributed by atoms with E-state index in [9.17, 15) is 19.2 Å². The number of hydrogen-bond donors (Lipinski definition) is 0. The Kier molecular flexibility index (Phi) is 11.5. The average Bonchev–Trinajstić information content (AvgIpc) is 3.01. The van der Waals surface area contributed by atoms with Gasteiger partial charge in [0.25, 0.3) is 5.91 Å². The topological polar surface area (TPSA) is 108 Å². The van der Waals surface area contributed by atoms with E-state index >= 15 is 0 Å². The Labute approximate surface area is 248 Å². The molecule has 2 atom stereocenters. The molecule has 0 bridgehead atoms. The molecule has 3 rings (SSSR count). The highest BCUT2D eigenvalue weighted by Crippen LogP contribution is 2.32. The van der Waals surface area contributed by atoms with Gasteiger partial charge in [-0.1, -0.05) is 39.0 Å². The summed E-state index contributed by atoms with van der Waals surface area (Å²) in [5, 5.41) is 0. The second-order valence-corrected chi connectivity index (χ2v) is 11.3. The van der Waals surface area contributed by atoms with Crippen molar-refractivity contribution in [2.24, 2.45) is 5.41 Å². The van der Waals surface area contributed by atoms with Gasteiger partial charge in [0.05, 0.1) is 14.2 Å². The molecule has 0 spiro atoms. The zero-order valence-electron chi connectivity index (χ0n) is 25.6. The molecule has 1 aliphatic heterocycles. The SMILES string of the molecule is CCC(C)(C)C(=O)C(=O)N1CCCC[C@H]1C(=O)O[C@H](CCc1ccc(OC)c(OC)c1)c1ccc(OCC(C)=O)cc1. The molecule has 0 unspecified atom stereocenters. The molecule has 228 valence electrons. The van der Waals surface area contributed by atoms with Gasteiger partial charge < -0.3 is 23.8 Å². The molecule has 42 heavy (non-hydrogen) atoms. The maximum absolute atomic E-state index is 13.7. The van der Waals surface area contributed by atoms with E-state index in [2.05, 4.69) is 0 Å². The maximum atomic E-state index is 13.7. The first-order valence-corrected chi connectivity index (χ1v) is 14.5. The van der Waals surface area contributed by atoms with E-state index in [4.69, 9.17) is 18.9 Å². The summed E-state index contributed by atoms with van der Waals surface area (Å²) < 4.78 is 22.4. The smallest absolute Gasteiger partial charge is 0.329 e. The van der Waals surface area contributed by atoms with Crippen LogP contribution in [0.2, 0.25) is 0 Å². The van der Waals surface area contributed by atoms with Crippen molar-refractivity contribution in [2.75, 3.05) is 27.4 Å². The number of piperidine rings is 1. The van der Waals surface area contributed by atoms with Gasteiger partial charge in [-0.05, 0) is 80.8 Å². The highest BCUT2D eigenvalue weighted by Gasteiger charge is 2.41. The molecule has 2 aromatic rings. The molecule has 9 nitrogen and oxygen atoms in total. The van der Waals surface area contributed by atoms with Crippen LogP contribution in [0, 0.1) is 5.41 Å². The molecule has 1 fully saturated rings. The van der Waals surface area contributed by atoms with Gasteiger partial charge in [0.15, 0.2) is 17.3 Å². The van der Waals surface area contributed by atoms with E-state index < -0.39 is 35.2 Å². The first-order chi connectivity index (χ1) is 20.0. The minimum Gasteiger partial charge on any atom is -0.493 e. The zero-order valence-corrected chi connectivity index (χ0v) is 25.6. The van der Waals surface area contributed by atoms with Crippen LogP contribution < -0.4 is 14.2 Å². The number of methoxy groups -OCH3 is 2. The number of rotatable bonds is 14. The van der Waals surface area contributed by atoms with Crippen molar-refractivity contribution in [3.8, 4) is 17.2 Å². The minimum absolute atomic E-state index is 0.0316. The number of esters is 1. The number of hydrogen-bond acceptors (Lipinski definition) is 8. The van der Waals surface area contributed by atoms with Crippen molar-refractivity contribution in [1.29, 1.82) is 0 Å². The van der Waals surface area contributed by atoms with E-state index in [1.54, 1.807) is 52.3 Å². The molecule has 1 saturated heterocycles. The standard InChI is InChI=1S/C33H43NO8/c1-7-33(3,4)30(36)31(37)34-19-9-8-10-26(34)32(38)42-27(24-13-15-25(16-14-24)41-21-22(2)35)17-11-23-12-18-28(39-5)29(20-23)40-6/h12-16,18,20,26-27H,7-11,17,19,21H2,1-6H3/t26-,27+/m0/s1. The number of benzene rings is 2. The van der Waals surface area contributed by atoms with Gasteiger partial charge in [-0.3, -0.25) is 14.4 Å². The minimum atomic E-state index is -0.829. The van der Waals surface area contributed by atoms with Crippen LogP contribution in [0.4, 0.5) is 0 Å². The van der Waals surface area contributed by atoms with Crippen LogP contribution in [0.15, 0.2) is 42.5 Å². The lowest BCUT2D eigenvalue weighted by atomic mass is 9.84. The number of likely N-dealkylation sites (tertiary alicyclic amines) is 1. The third kappa shape index (κ3) is 8.33. The van der Waals surface area contributed by atoms with Crippen molar-refractivity contribution >= 4 is 23.4 Å². The Hall–Kier alpha value is -3.88. The Balaban J connectivity index is 1.84. The van der Waals surface area contributed by atoms with Crippen molar-refractivity contribution in [2.45, 2.75) is 78.4 Å². The summed E-state index contributed by atoms with van der Waals surface area (Å²) in [6.45, 7) is 7.12. The number of Topliss-reactive ketones (excluding diaryl/α,β-unsaturated/α-hetero) is 2. The average molecular weight is 582 g/mol. The lowest BCUT2D eigenvalue weighted by Gasteiger charge is -2.36. The van der Waals surface area contributed by atoms with Crippen molar-refractivity contribution in [1.82, 2.24) is 4.90 Å². The Morgan fingerprint density at radius 2 is 1.67 bits per heavy atom. The maximum Gasteiger partial charge on any atom is 0.329 e. The van der Waals surface area contributed by atoms with E-state index in [0.717, 1.165) is 24.0 Å². The largest absolute Gasteiger partial charge is 0.493 e. The van der Waals surface area contributed by atoms with Crippen LogP contribution in [0.25, 0.3) is 0 Å². The number of ether oxygens (including phenoxy) is 4. The number of amides is 1. The monoisotopic (exact) mass is 581 g/mol. The molecule has 0 radical (unpaired) electrons. The van der Waals surface area contributed by atoms with Gasteiger partial charge >= 0.3 is 5.97 Å². The van der Waals surface area contributed by atoms with E-state index in [1.807, 2.05) is 25.1 Å². The third-order valence-electron chi connectivity index (χ3n) is 7.82. The summed E-state index contributed by atoms with van der Waals surface area (Å²) in [6.07, 6.45) is 2.83. The summed E-state index contributed by atoms with van der Waals surface area (Å²) in [5.41, 5.74) is 0.907. The second-order valence-electron chi connectivity index (χ2n) is 11.3. The van der Waals surface area contributed by atoms with Gasteiger partial charge in [-0.25, -0.2) is 4.79 Å². The molecule has 1 amide bonds. The van der Waals surface area contributed by atoms with E-state index in [-0.39, 0.29) is 12.4 Å². The molecule has 2 aromatic carbocycles. The fourth-order valence-corrected chi connectivity index (χ4v) is 4.81. The Morgan fingerprint density at radius 3 is 2.29 bits per heavy atom. The lowest BCUT2D eigenvalue weighted by molar-refractivity contribution is -0.164. The fourth-order valence-electron chi connectivity index (χ4n) is 4.81. The first-order valence-electron chi connectivity index (χ1n) is 14.5. The molecule has 0 saturated carbocycles. The molecule has 9 heteroatoms. The predicted molar refractivity (Wildman–Crippen MR) is 158 cm³/mol. The van der Waals surface area contributed by atoms with Gasteiger partial charge in [-0.2, -0.15) is 0 Å². The fraction of sp³-hybridized carbons (Fsp3) is 0.515. The number of ketones is 2. The summed E-state index contributed by atoms with van der Waals surface area (Å²) in [6, 6.07) is 11.9. The van der Waals surface area contributed by atoms with Crippen LogP contribution in [0.1, 0.15) is 77.0 Å². The molecule has 0 aromatic heterocycles. The third-order valence-corrected chi connectivity index (χ3v) is 7.82. The van der Waals surface area contributed by atoms with Crippen molar-refractivity contribution < 1.29 is 38.1 Å². The highest BCUT2D eigenvalue weighted by atomic mass is 16.5. The zero-order chi connectivity index (χ0) is 30.9. The number of nitrogens with zero attached hydrogens (tertiary/aromatic N) is 1. The number of carbonyl (C=O) groups is 4. The first kappa shape index (κ1) is 32.6. The molecular weight excluding hydrogens is 538 g/mol. The molecule has 1 heterocycles. The van der Waals surface area contributed by atoms with Crippen molar-refractivity contribution in [3.63, 3.8) is 0 Å². The Bertz CT molecular complexity index is 1250. The summed E-state index contributed by atoms with van der Waals surface area (Å²) in [4.78, 5) is 52.6. The van der Waals surface area contributed by atoms with Crippen LogP contribution in [-0.4, -0.2) is 61.8 Å². The molecule has 1 aliphatic rings. The molecule has 0 N–H and O–H groups in total. The summed E-state index contributed by atoms with van der Waals surface area (Å²) >= 11 is 0. The van der Waals surface area contributed by atoms with Crippen LogP contribution in [0.3, 0.4) is 0 Å².